The zero-order chi connectivity index (χ0) is 22.2. The van der Waals surface area contributed by atoms with Crippen molar-refractivity contribution >= 4 is 23.3 Å². The maximum Gasteiger partial charge on any atom is 0.309 e. The molecule has 4 rings (SSSR count). The van der Waals surface area contributed by atoms with Crippen molar-refractivity contribution in [2.24, 2.45) is 5.92 Å². The molecule has 0 spiro atoms. The van der Waals surface area contributed by atoms with Crippen molar-refractivity contribution in [2.45, 2.75) is 25.8 Å². The van der Waals surface area contributed by atoms with E-state index in [1.807, 2.05) is 30.3 Å². The number of allylic oxidation sites excluding steroid dienone is 2. The summed E-state index contributed by atoms with van der Waals surface area (Å²) in [6, 6.07) is 18.4. The molecule has 1 saturated heterocycles. The largest absolute Gasteiger partial charge is 0.455 e. The Kier molecular flexibility index (Phi) is 7.56. The van der Waals surface area contributed by atoms with Gasteiger partial charge in [-0.1, -0.05) is 42.5 Å². The molecule has 1 heterocycles. The first kappa shape index (κ1) is 22.1. The molecule has 0 saturated carbocycles. The maximum absolute atomic E-state index is 12.2. The summed E-state index contributed by atoms with van der Waals surface area (Å²) in [6.45, 7) is 4.74. The number of ether oxygens (including phenoxy) is 1. The van der Waals surface area contributed by atoms with Crippen molar-refractivity contribution in [1.82, 2.24) is 4.90 Å². The van der Waals surface area contributed by atoms with Crippen LogP contribution in [0.15, 0.2) is 66.7 Å². The van der Waals surface area contributed by atoms with Crippen LogP contribution >= 0.6 is 0 Å². The Hall–Kier alpha value is -3.12. The van der Waals surface area contributed by atoms with Gasteiger partial charge in [0, 0.05) is 44.1 Å². The summed E-state index contributed by atoms with van der Waals surface area (Å²) in [5.74, 6) is -0.724. The predicted molar refractivity (Wildman–Crippen MR) is 126 cm³/mol. The summed E-state index contributed by atoms with van der Waals surface area (Å²) in [4.78, 5) is 29.1. The normalized spacial score (nSPS) is 18.9. The van der Waals surface area contributed by atoms with Gasteiger partial charge in [-0.2, -0.15) is 0 Å². The monoisotopic (exact) mass is 433 g/mol. The minimum atomic E-state index is -0.313. The zero-order valence-corrected chi connectivity index (χ0v) is 18.4. The lowest BCUT2D eigenvalue weighted by Crippen LogP contribution is -2.45. The van der Waals surface area contributed by atoms with Gasteiger partial charge in [-0.3, -0.25) is 14.5 Å². The Morgan fingerprint density at radius 2 is 1.69 bits per heavy atom. The molecule has 168 valence electrons. The van der Waals surface area contributed by atoms with Crippen LogP contribution in [0.4, 0.5) is 11.4 Å². The first-order valence-corrected chi connectivity index (χ1v) is 11.4. The molecule has 0 bridgehead atoms. The number of nitrogens with one attached hydrogen (secondary N) is 1. The van der Waals surface area contributed by atoms with Gasteiger partial charge in [-0.25, -0.2) is 0 Å². The van der Waals surface area contributed by atoms with Crippen LogP contribution in [0.3, 0.4) is 0 Å². The number of hydrogen-bond donors (Lipinski definition) is 1. The summed E-state index contributed by atoms with van der Waals surface area (Å²) in [5.41, 5.74) is 3.21. The molecular formula is C26H31N3O3. The molecule has 0 aromatic heterocycles. The van der Waals surface area contributed by atoms with Crippen molar-refractivity contribution in [3.8, 4) is 0 Å². The first-order chi connectivity index (χ1) is 15.7. The average molecular weight is 434 g/mol. The number of carbonyl (C=O) groups excluding carboxylic acids is 2. The fourth-order valence-corrected chi connectivity index (χ4v) is 4.22. The van der Waals surface area contributed by atoms with Crippen molar-refractivity contribution in [2.75, 3.05) is 43.0 Å². The number of rotatable bonds is 7. The summed E-state index contributed by atoms with van der Waals surface area (Å²) in [6.07, 6.45) is 6.45. The minimum Gasteiger partial charge on any atom is -0.455 e. The van der Waals surface area contributed by atoms with E-state index < -0.39 is 0 Å². The fraction of sp³-hybridized carbons (Fsp3) is 0.385. The second-order valence-electron chi connectivity index (χ2n) is 8.43. The van der Waals surface area contributed by atoms with E-state index in [-0.39, 0.29) is 24.4 Å². The SMILES string of the molecule is O=C(COC(=O)C1CC=CCC1)Nc1ccc(N2CCN(Cc3ccccc3)CC2)cc1. The highest BCUT2D eigenvalue weighted by Crippen LogP contribution is 2.21. The lowest BCUT2D eigenvalue weighted by atomic mass is 9.95. The number of nitrogens with zero attached hydrogens (tertiary/aromatic N) is 2. The Morgan fingerprint density at radius 3 is 2.38 bits per heavy atom. The standard InChI is InChI=1S/C26H31N3O3/c30-25(20-32-26(31)22-9-5-2-6-10-22)27-23-11-13-24(14-12-23)29-17-15-28(16-18-29)19-21-7-3-1-4-8-21/h1-5,7-8,11-14,22H,6,9-10,15-20H2,(H,27,30). The van der Waals surface area contributed by atoms with Crippen molar-refractivity contribution in [3.05, 3.63) is 72.3 Å². The number of anilines is 2. The third-order valence-electron chi connectivity index (χ3n) is 6.09. The van der Waals surface area contributed by atoms with E-state index >= 15 is 0 Å². The van der Waals surface area contributed by atoms with Crippen LogP contribution in [0.1, 0.15) is 24.8 Å². The number of esters is 1. The quantitative estimate of drug-likeness (QED) is 0.531. The molecule has 1 amide bonds. The third kappa shape index (κ3) is 6.20. The molecule has 32 heavy (non-hydrogen) atoms. The second-order valence-corrected chi connectivity index (χ2v) is 8.43. The van der Waals surface area contributed by atoms with Gasteiger partial charge in [-0.05, 0) is 49.1 Å². The molecule has 1 fully saturated rings. The van der Waals surface area contributed by atoms with Gasteiger partial charge in [0.25, 0.3) is 5.91 Å². The van der Waals surface area contributed by atoms with Crippen LogP contribution in [0.5, 0.6) is 0 Å². The highest BCUT2D eigenvalue weighted by Gasteiger charge is 2.21. The number of hydrogen-bond acceptors (Lipinski definition) is 5. The molecule has 6 heteroatoms. The Labute approximate surface area is 189 Å². The summed E-state index contributed by atoms with van der Waals surface area (Å²) >= 11 is 0. The van der Waals surface area contributed by atoms with E-state index in [9.17, 15) is 9.59 Å². The van der Waals surface area contributed by atoms with Crippen LogP contribution < -0.4 is 10.2 Å². The van der Waals surface area contributed by atoms with E-state index in [0.29, 0.717) is 12.1 Å². The second kappa shape index (κ2) is 11.0. The molecule has 1 N–H and O–H groups in total. The molecule has 2 aliphatic rings. The Morgan fingerprint density at radius 1 is 0.938 bits per heavy atom. The van der Waals surface area contributed by atoms with Gasteiger partial charge in [-0.15, -0.1) is 0 Å². The molecule has 0 radical (unpaired) electrons. The number of carbonyl (C=O) groups is 2. The van der Waals surface area contributed by atoms with Gasteiger partial charge < -0.3 is 15.0 Å². The number of amides is 1. The first-order valence-electron chi connectivity index (χ1n) is 11.4. The highest BCUT2D eigenvalue weighted by molar-refractivity contribution is 5.93. The lowest BCUT2D eigenvalue weighted by Gasteiger charge is -2.36. The van der Waals surface area contributed by atoms with Crippen LogP contribution in [0.2, 0.25) is 0 Å². The smallest absolute Gasteiger partial charge is 0.309 e. The molecule has 6 nitrogen and oxygen atoms in total. The molecule has 2 aromatic carbocycles. The Balaban J connectivity index is 1.20. The molecule has 1 aliphatic heterocycles. The van der Waals surface area contributed by atoms with Gasteiger partial charge >= 0.3 is 5.97 Å². The lowest BCUT2D eigenvalue weighted by molar-refractivity contribution is -0.151. The molecule has 2 aromatic rings. The molecule has 1 atom stereocenters. The van der Waals surface area contributed by atoms with Crippen molar-refractivity contribution < 1.29 is 14.3 Å². The average Bonchev–Trinajstić information content (AvgIpc) is 2.85. The predicted octanol–water partition coefficient (Wildman–Crippen LogP) is 3.85. The van der Waals surface area contributed by atoms with E-state index in [2.05, 4.69) is 51.5 Å². The van der Waals surface area contributed by atoms with Gasteiger partial charge in [0.1, 0.15) is 0 Å². The van der Waals surface area contributed by atoms with E-state index in [0.717, 1.165) is 51.3 Å². The summed E-state index contributed by atoms with van der Waals surface area (Å²) in [5, 5.41) is 2.81. The van der Waals surface area contributed by atoms with Gasteiger partial charge in [0.05, 0.1) is 5.92 Å². The van der Waals surface area contributed by atoms with Crippen LogP contribution in [0.25, 0.3) is 0 Å². The molecule has 1 unspecified atom stereocenters. The topological polar surface area (TPSA) is 61.9 Å². The maximum atomic E-state index is 12.2. The Bertz CT molecular complexity index is 919. The van der Waals surface area contributed by atoms with E-state index in [1.165, 1.54) is 5.56 Å². The number of benzene rings is 2. The van der Waals surface area contributed by atoms with Crippen molar-refractivity contribution in [1.29, 1.82) is 0 Å². The van der Waals surface area contributed by atoms with E-state index in [4.69, 9.17) is 4.74 Å². The van der Waals surface area contributed by atoms with Crippen molar-refractivity contribution in [3.63, 3.8) is 0 Å². The minimum absolute atomic E-state index is 0.125. The van der Waals surface area contributed by atoms with Gasteiger partial charge in [0.15, 0.2) is 6.61 Å². The highest BCUT2D eigenvalue weighted by atomic mass is 16.5. The molecule has 1 aliphatic carbocycles. The zero-order valence-electron chi connectivity index (χ0n) is 18.4. The van der Waals surface area contributed by atoms with Crippen LogP contribution in [0, 0.1) is 5.92 Å². The van der Waals surface area contributed by atoms with Crippen LogP contribution in [-0.2, 0) is 20.9 Å². The summed E-state index contributed by atoms with van der Waals surface area (Å²) < 4.78 is 5.19. The fourth-order valence-electron chi connectivity index (χ4n) is 4.22. The number of piperazine rings is 1. The van der Waals surface area contributed by atoms with E-state index in [1.54, 1.807) is 0 Å². The van der Waals surface area contributed by atoms with Gasteiger partial charge in [0.2, 0.25) is 0 Å². The van der Waals surface area contributed by atoms with Crippen LogP contribution in [-0.4, -0.2) is 49.6 Å². The third-order valence-corrected chi connectivity index (χ3v) is 6.09. The molecular weight excluding hydrogens is 402 g/mol. The summed E-state index contributed by atoms with van der Waals surface area (Å²) in [7, 11) is 0.